The average Bonchev–Trinajstić information content (AvgIpc) is 2.67. The molecule has 0 aliphatic rings. The monoisotopic (exact) mass is 229 g/mol. The molecule has 0 fully saturated rings. The number of esters is 1. The number of thiazole rings is 1. The zero-order chi connectivity index (χ0) is 11.3. The molecule has 0 atom stereocenters. The molecule has 0 bridgehead atoms. The number of carbonyl (C=O) groups is 2. The summed E-state index contributed by atoms with van der Waals surface area (Å²) in [4.78, 5) is 26.3. The minimum absolute atomic E-state index is 0.271. The van der Waals surface area contributed by atoms with Gasteiger partial charge in [0, 0.05) is 12.5 Å². The van der Waals surface area contributed by atoms with Gasteiger partial charge in [-0.05, 0) is 0 Å². The normalized spacial score (nSPS) is 10.0. The molecule has 0 N–H and O–H groups in total. The Balaban J connectivity index is 2.61. The highest BCUT2D eigenvalue weighted by Crippen LogP contribution is 2.12. The lowest BCUT2D eigenvalue weighted by atomic mass is 10.2. The van der Waals surface area contributed by atoms with Crippen LogP contribution in [0.25, 0.3) is 0 Å². The third kappa shape index (κ3) is 3.41. The Morgan fingerprint density at radius 2 is 2.20 bits per heavy atom. The van der Waals surface area contributed by atoms with Crippen LogP contribution in [0.5, 0.6) is 0 Å². The first-order chi connectivity index (χ1) is 7.17. The van der Waals surface area contributed by atoms with Crippen LogP contribution in [0.1, 0.15) is 21.9 Å². The Kier molecular flexibility index (Phi) is 4.38. The first-order valence-electron chi connectivity index (χ1n) is 4.20. The van der Waals surface area contributed by atoms with Crippen molar-refractivity contribution in [3.8, 4) is 0 Å². The van der Waals surface area contributed by atoms with Crippen molar-refractivity contribution in [2.45, 2.75) is 13.0 Å². The highest BCUT2D eigenvalue weighted by molar-refractivity contribution is 7.09. The molecule has 1 rings (SSSR count). The van der Waals surface area contributed by atoms with E-state index in [1.807, 2.05) is 0 Å². The molecule has 82 valence electrons. The number of carbonyl (C=O) groups excluding carboxylic acids is 2. The summed E-state index contributed by atoms with van der Waals surface area (Å²) in [6, 6.07) is 0. The first kappa shape index (κ1) is 11.8. The van der Waals surface area contributed by atoms with E-state index in [-0.39, 0.29) is 17.9 Å². The third-order valence-corrected chi connectivity index (χ3v) is 2.46. The molecule has 1 aromatic heterocycles. The number of methoxy groups -OCH3 is 2. The molecule has 0 aliphatic heterocycles. The molecule has 0 spiro atoms. The van der Waals surface area contributed by atoms with Crippen LogP contribution in [0.2, 0.25) is 0 Å². The molecule has 0 saturated carbocycles. The van der Waals surface area contributed by atoms with Gasteiger partial charge in [-0.25, -0.2) is 4.98 Å². The quantitative estimate of drug-likeness (QED) is 0.428. The van der Waals surface area contributed by atoms with Crippen LogP contribution in [-0.2, 0) is 20.9 Å². The molecule has 15 heavy (non-hydrogen) atoms. The summed E-state index contributed by atoms with van der Waals surface area (Å²) >= 11 is 1.33. The molecule has 1 heterocycles. The number of hydrogen-bond acceptors (Lipinski definition) is 6. The summed E-state index contributed by atoms with van der Waals surface area (Å²) in [6.45, 7) is 0.371. The van der Waals surface area contributed by atoms with Crippen LogP contribution in [0, 0.1) is 0 Å². The predicted molar refractivity (Wildman–Crippen MR) is 53.8 cm³/mol. The number of ketones is 1. The summed E-state index contributed by atoms with van der Waals surface area (Å²) < 4.78 is 9.26. The number of aromatic nitrogens is 1. The fraction of sp³-hybridized carbons (Fsp3) is 0.444. The van der Waals surface area contributed by atoms with E-state index >= 15 is 0 Å². The zero-order valence-electron chi connectivity index (χ0n) is 8.48. The SMILES string of the molecule is COCc1nc(C(=O)CC(=O)OC)cs1. The summed E-state index contributed by atoms with van der Waals surface area (Å²) in [6.07, 6.45) is -0.271. The Bertz CT molecular complexity index is 361. The molecule has 1 aromatic rings. The maximum absolute atomic E-state index is 11.4. The van der Waals surface area contributed by atoms with Gasteiger partial charge in [0.1, 0.15) is 17.1 Å². The number of rotatable bonds is 5. The minimum Gasteiger partial charge on any atom is -0.469 e. The van der Waals surface area contributed by atoms with Crippen molar-refractivity contribution in [1.82, 2.24) is 4.98 Å². The molecule has 6 heteroatoms. The van der Waals surface area contributed by atoms with Gasteiger partial charge in [0.2, 0.25) is 0 Å². The van der Waals surface area contributed by atoms with Gasteiger partial charge in [-0.15, -0.1) is 11.3 Å². The molecular formula is C9H11NO4S. The summed E-state index contributed by atoms with van der Waals surface area (Å²) in [5.41, 5.74) is 0.289. The summed E-state index contributed by atoms with van der Waals surface area (Å²) in [5.74, 6) is -0.887. The average molecular weight is 229 g/mol. The lowest BCUT2D eigenvalue weighted by molar-refractivity contribution is -0.139. The first-order valence-corrected chi connectivity index (χ1v) is 5.08. The predicted octanol–water partition coefficient (Wildman–Crippen LogP) is 1.04. The van der Waals surface area contributed by atoms with Gasteiger partial charge in [-0.3, -0.25) is 9.59 Å². The maximum atomic E-state index is 11.4. The standard InChI is InChI=1S/C9H11NO4S/c1-13-4-8-10-6(5-15-8)7(11)3-9(12)14-2/h5H,3-4H2,1-2H3. The molecular weight excluding hydrogens is 218 g/mol. The minimum atomic E-state index is -0.554. The molecule has 5 nitrogen and oxygen atoms in total. The van der Waals surface area contributed by atoms with Crippen molar-refractivity contribution >= 4 is 23.1 Å². The molecule has 0 radical (unpaired) electrons. The van der Waals surface area contributed by atoms with Gasteiger partial charge in [0.25, 0.3) is 0 Å². The molecule has 0 saturated heterocycles. The molecule has 0 amide bonds. The van der Waals surface area contributed by atoms with Gasteiger partial charge in [-0.1, -0.05) is 0 Å². The number of hydrogen-bond donors (Lipinski definition) is 0. The van der Waals surface area contributed by atoms with E-state index in [1.165, 1.54) is 18.4 Å². The van der Waals surface area contributed by atoms with Crippen molar-refractivity contribution < 1.29 is 19.1 Å². The Hall–Kier alpha value is -1.27. The van der Waals surface area contributed by atoms with Gasteiger partial charge in [0.05, 0.1) is 13.7 Å². The van der Waals surface area contributed by atoms with E-state index in [2.05, 4.69) is 9.72 Å². The van der Waals surface area contributed by atoms with E-state index in [0.717, 1.165) is 0 Å². The van der Waals surface area contributed by atoms with E-state index < -0.39 is 5.97 Å². The van der Waals surface area contributed by atoms with E-state index in [1.54, 1.807) is 12.5 Å². The fourth-order valence-corrected chi connectivity index (χ4v) is 1.69. The van der Waals surface area contributed by atoms with Crippen LogP contribution in [0.3, 0.4) is 0 Å². The van der Waals surface area contributed by atoms with Crippen LogP contribution >= 0.6 is 11.3 Å². The molecule has 0 aliphatic carbocycles. The number of ether oxygens (including phenoxy) is 2. The second kappa shape index (κ2) is 5.57. The van der Waals surface area contributed by atoms with Crippen LogP contribution < -0.4 is 0 Å². The molecule has 0 unspecified atom stereocenters. The Morgan fingerprint density at radius 1 is 1.47 bits per heavy atom. The largest absolute Gasteiger partial charge is 0.469 e. The zero-order valence-corrected chi connectivity index (χ0v) is 9.30. The lowest BCUT2D eigenvalue weighted by Gasteiger charge is -1.95. The van der Waals surface area contributed by atoms with E-state index in [9.17, 15) is 9.59 Å². The van der Waals surface area contributed by atoms with E-state index in [0.29, 0.717) is 11.6 Å². The number of Topliss-reactive ketones (excluding diaryl/α,β-unsaturated/α-hetero) is 1. The van der Waals surface area contributed by atoms with Gasteiger partial charge in [0.15, 0.2) is 5.78 Å². The Labute approximate surface area is 91.0 Å². The van der Waals surface area contributed by atoms with Gasteiger partial charge < -0.3 is 9.47 Å². The van der Waals surface area contributed by atoms with Crippen molar-refractivity contribution in [3.63, 3.8) is 0 Å². The highest BCUT2D eigenvalue weighted by atomic mass is 32.1. The van der Waals surface area contributed by atoms with Gasteiger partial charge in [-0.2, -0.15) is 0 Å². The fourth-order valence-electron chi connectivity index (χ4n) is 0.923. The Morgan fingerprint density at radius 3 is 2.80 bits per heavy atom. The summed E-state index contributed by atoms with van der Waals surface area (Å²) in [5, 5.41) is 2.32. The summed E-state index contributed by atoms with van der Waals surface area (Å²) in [7, 11) is 2.80. The van der Waals surface area contributed by atoms with E-state index in [4.69, 9.17) is 4.74 Å². The van der Waals surface area contributed by atoms with Crippen molar-refractivity contribution in [2.75, 3.05) is 14.2 Å². The third-order valence-electron chi connectivity index (χ3n) is 1.64. The van der Waals surface area contributed by atoms with Crippen LogP contribution in [-0.4, -0.2) is 31.0 Å². The second-order valence-electron chi connectivity index (χ2n) is 2.74. The highest BCUT2D eigenvalue weighted by Gasteiger charge is 2.15. The van der Waals surface area contributed by atoms with Crippen LogP contribution in [0.15, 0.2) is 5.38 Å². The topological polar surface area (TPSA) is 65.5 Å². The second-order valence-corrected chi connectivity index (χ2v) is 3.68. The van der Waals surface area contributed by atoms with Crippen molar-refractivity contribution in [1.29, 1.82) is 0 Å². The molecule has 0 aromatic carbocycles. The number of nitrogens with zero attached hydrogens (tertiary/aromatic N) is 1. The van der Waals surface area contributed by atoms with Crippen LogP contribution in [0.4, 0.5) is 0 Å². The smallest absolute Gasteiger partial charge is 0.313 e. The lowest BCUT2D eigenvalue weighted by Crippen LogP contribution is -2.09. The van der Waals surface area contributed by atoms with Crippen molar-refractivity contribution in [3.05, 3.63) is 16.1 Å². The maximum Gasteiger partial charge on any atom is 0.313 e. The van der Waals surface area contributed by atoms with Gasteiger partial charge >= 0.3 is 5.97 Å². The van der Waals surface area contributed by atoms with Crippen molar-refractivity contribution in [2.24, 2.45) is 0 Å².